The van der Waals surface area contributed by atoms with Crippen molar-refractivity contribution in [3.63, 3.8) is 0 Å². The molecule has 3 nitrogen and oxygen atoms in total. The predicted octanol–water partition coefficient (Wildman–Crippen LogP) is 2.48. The number of hydrogen-bond acceptors (Lipinski definition) is 2. The Hall–Kier alpha value is -1.61. The molecular weight excluding hydrogens is 212 g/mol. The Morgan fingerprint density at radius 2 is 1.94 bits per heavy atom. The third-order valence-corrected chi connectivity index (χ3v) is 2.92. The van der Waals surface area contributed by atoms with E-state index in [2.05, 4.69) is 41.2 Å². The average Bonchev–Trinajstić information content (AvgIpc) is 2.71. The van der Waals surface area contributed by atoms with Crippen LogP contribution in [0.4, 0.5) is 0 Å². The van der Waals surface area contributed by atoms with Crippen LogP contribution in [0.1, 0.15) is 24.0 Å². The zero-order valence-electron chi connectivity index (χ0n) is 10.3. The molecule has 0 spiro atoms. The van der Waals surface area contributed by atoms with Gasteiger partial charge in [0.15, 0.2) is 0 Å². The number of imidazole rings is 1. The first-order chi connectivity index (χ1) is 8.24. The molecule has 0 amide bonds. The third-order valence-electron chi connectivity index (χ3n) is 2.92. The van der Waals surface area contributed by atoms with Gasteiger partial charge in [-0.1, -0.05) is 31.2 Å². The Kier molecular flexibility index (Phi) is 3.59. The summed E-state index contributed by atoms with van der Waals surface area (Å²) < 4.78 is 0. The molecule has 0 radical (unpaired) electrons. The zero-order chi connectivity index (χ0) is 12.3. The van der Waals surface area contributed by atoms with Gasteiger partial charge in [-0.2, -0.15) is 0 Å². The summed E-state index contributed by atoms with van der Waals surface area (Å²) in [5, 5.41) is 8.90. The Bertz CT molecular complexity index is 485. The van der Waals surface area contributed by atoms with Gasteiger partial charge in [0.25, 0.3) is 0 Å². The van der Waals surface area contributed by atoms with Gasteiger partial charge in [0.2, 0.25) is 0 Å². The van der Waals surface area contributed by atoms with Crippen LogP contribution in [0, 0.1) is 6.92 Å². The van der Waals surface area contributed by atoms with Crippen molar-refractivity contribution in [2.45, 2.75) is 26.7 Å². The highest BCUT2D eigenvalue weighted by Crippen LogP contribution is 2.21. The van der Waals surface area contributed by atoms with Crippen molar-refractivity contribution >= 4 is 0 Å². The molecule has 2 aromatic rings. The van der Waals surface area contributed by atoms with Crippen LogP contribution in [0.25, 0.3) is 11.3 Å². The molecule has 3 heteroatoms. The molecule has 2 rings (SSSR count). The van der Waals surface area contributed by atoms with E-state index >= 15 is 0 Å². The predicted molar refractivity (Wildman–Crippen MR) is 68.9 cm³/mol. The number of nitrogens with zero attached hydrogens (tertiary/aromatic N) is 1. The van der Waals surface area contributed by atoms with Crippen molar-refractivity contribution < 1.29 is 5.11 Å². The van der Waals surface area contributed by atoms with Gasteiger partial charge in [0.1, 0.15) is 5.82 Å². The largest absolute Gasteiger partial charge is 0.396 e. The van der Waals surface area contributed by atoms with Crippen molar-refractivity contribution in [1.82, 2.24) is 9.97 Å². The van der Waals surface area contributed by atoms with E-state index in [0.29, 0.717) is 6.42 Å². The number of aryl methyl sites for hydroxylation is 2. The van der Waals surface area contributed by atoms with Crippen molar-refractivity contribution in [1.29, 1.82) is 0 Å². The summed E-state index contributed by atoms with van der Waals surface area (Å²) in [4.78, 5) is 7.71. The van der Waals surface area contributed by atoms with Crippen LogP contribution in [0.3, 0.4) is 0 Å². The molecule has 0 unspecified atom stereocenters. The normalized spacial score (nSPS) is 10.8. The number of aliphatic hydroxyl groups excluding tert-OH is 1. The van der Waals surface area contributed by atoms with Crippen LogP contribution in [0.15, 0.2) is 24.3 Å². The van der Waals surface area contributed by atoms with Crippen LogP contribution in [0.5, 0.6) is 0 Å². The van der Waals surface area contributed by atoms with Crippen molar-refractivity contribution in [2.24, 2.45) is 0 Å². The molecule has 17 heavy (non-hydrogen) atoms. The highest BCUT2D eigenvalue weighted by molar-refractivity contribution is 5.62. The van der Waals surface area contributed by atoms with Crippen LogP contribution < -0.4 is 0 Å². The van der Waals surface area contributed by atoms with E-state index in [-0.39, 0.29) is 6.61 Å². The van der Waals surface area contributed by atoms with Crippen LogP contribution in [-0.4, -0.2) is 21.7 Å². The van der Waals surface area contributed by atoms with Gasteiger partial charge in [-0.05, 0) is 18.9 Å². The lowest BCUT2D eigenvalue weighted by Crippen LogP contribution is -1.92. The lowest BCUT2D eigenvalue weighted by atomic mass is 10.1. The highest BCUT2D eigenvalue weighted by Gasteiger charge is 2.08. The second-order valence-corrected chi connectivity index (χ2v) is 4.18. The maximum absolute atomic E-state index is 8.90. The number of hydrogen-bond donors (Lipinski definition) is 2. The Morgan fingerprint density at radius 1 is 1.24 bits per heavy atom. The molecule has 1 heterocycles. The summed E-state index contributed by atoms with van der Waals surface area (Å²) in [7, 11) is 0. The Morgan fingerprint density at radius 3 is 2.53 bits per heavy atom. The topological polar surface area (TPSA) is 48.9 Å². The lowest BCUT2D eigenvalue weighted by molar-refractivity contribution is 0.297. The van der Waals surface area contributed by atoms with E-state index in [4.69, 9.17) is 5.11 Å². The molecule has 0 saturated carbocycles. The van der Waals surface area contributed by atoms with Gasteiger partial charge in [-0.3, -0.25) is 0 Å². The SMILES string of the molecule is CCc1ccc(-c2nc(CCO)[nH]c2C)cc1. The zero-order valence-corrected chi connectivity index (χ0v) is 10.3. The summed E-state index contributed by atoms with van der Waals surface area (Å²) in [6.07, 6.45) is 1.63. The first-order valence-electron chi connectivity index (χ1n) is 6.00. The van der Waals surface area contributed by atoms with E-state index in [1.54, 1.807) is 0 Å². The molecule has 1 aromatic heterocycles. The number of aromatic amines is 1. The van der Waals surface area contributed by atoms with Gasteiger partial charge < -0.3 is 10.1 Å². The number of H-pyrrole nitrogens is 1. The molecule has 0 aliphatic carbocycles. The summed E-state index contributed by atoms with van der Waals surface area (Å²) in [5.74, 6) is 0.847. The van der Waals surface area contributed by atoms with Gasteiger partial charge in [-0.15, -0.1) is 0 Å². The quantitative estimate of drug-likeness (QED) is 0.847. The molecule has 0 fully saturated rings. The Balaban J connectivity index is 2.31. The Labute approximate surface area is 102 Å². The van der Waals surface area contributed by atoms with Gasteiger partial charge in [0.05, 0.1) is 12.3 Å². The number of aromatic nitrogens is 2. The fourth-order valence-corrected chi connectivity index (χ4v) is 1.93. The molecule has 0 bridgehead atoms. The van der Waals surface area contributed by atoms with Gasteiger partial charge >= 0.3 is 0 Å². The molecule has 0 aliphatic heterocycles. The highest BCUT2D eigenvalue weighted by atomic mass is 16.3. The smallest absolute Gasteiger partial charge is 0.109 e. The molecule has 0 atom stereocenters. The summed E-state index contributed by atoms with van der Waals surface area (Å²) in [6.45, 7) is 4.28. The fraction of sp³-hybridized carbons (Fsp3) is 0.357. The summed E-state index contributed by atoms with van der Waals surface area (Å²) in [5.41, 5.74) is 4.49. The van der Waals surface area contributed by atoms with E-state index in [1.807, 2.05) is 6.92 Å². The molecule has 0 saturated heterocycles. The third kappa shape index (κ3) is 2.56. The van der Waals surface area contributed by atoms with Crippen molar-refractivity contribution in [3.05, 3.63) is 41.3 Å². The molecular formula is C14H18N2O. The second kappa shape index (κ2) is 5.15. The molecule has 90 valence electrons. The monoisotopic (exact) mass is 230 g/mol. The van der Waals surface area contributed by atoms with E-state index < -0.39 is 0 Å². The molecule has 1 aromatic carbocycles. The molecule has 2 N–H and O–H groups in total. The lowest BCUT2D eigenvalue weighted by Gasteiger charge is -2.00. The van der Waals surface area contributed by atoms with E-state index in [0.717, 1.165) is 29.2 Å². The van der Waals surface area contributed by atoms with E-state index in [1.165, 1.54) is 5.56 Å². The molecule has 0 aliphatic rings. The van der Waals surface area contributed by atoms with Gasteiger partial charge in [0, 0.05) is 17.7 Å². The first kappa shape index (κ1) is 11.9. The van der Waals surface area contributed by atoms with Crippen LogP contribution >= 0.6 is 0 Å². The minimum atomic E-state index is 0.126. The first-order valence-corrected chi connectivity index (χ1v) is 6.00. The maximum Gasteiger partial charge on any atom is 0.109 e. The van der Waals surface area contributed by atoms with Crippen LogP contribution in [-0.2, 0) is 12.8 Å². The van der Waals surface area contributed by atoms with Gasteiger partial charge in [-0.25, -0.2) is 4.98 Å². The van der Waals surface area contributed by atoms with Crippen molar-refractivity contribution in [2.75, 3.05) is 6.61 Å². The summed E-state index contributed by atoms with van der Waals surface area (Å²) in [6, 6.07) is 8.47. The standard InChI is InChI=1S/C14H18N2O/c1-3-11-4-6-12(7-5-11)14-10(2)15-13(16-14)8-9-17/h4-7,17H,3,8-9H2,1-2H3,(H,15,16). The minimum absolute atomic E-state index is 0.126. The van der Waals surface area contributed by atoms with Crippen molar-refractivity contribution in [3.8, 4) is 11.3 Å². The number of aliphatic hydroxyl groups is 1. The number of benzene rings is 1. The second-order valence-electron chi connectivity index (χ2n) is 4.18. The van der Waals surface area contributed by atoms with Crippen LogP contribution in [0.2, 0.25) is 0 Å². The maximum atomic E-state index is 8.90. The van der Waals surface area contributed by atoms with E-state index in [9.17, 15) is 0 Å². The number of nitrogens with one attached hydrogen (secondary N) is 1. The fourth-order valence-electron chi connectivity index (χ4n) is 1.93. The average molecular weight is 230 g/mol. The minimum Gasteiger partial charge on any atom is -0.396 e. The number of rotatable bonds is 4. The summed E-state index contributed by atoms with van der Waals surface area (Å²) >= 11 is 0.